The second-order valence-electron chi connectivity index (χ2n) is 5.04. The van der Waals surface area contributed by atoms with Gasteiger partial charge in [-0.05, 0) is 52.3 Å². The Morgan fingerprint density at radius 2 is 1.83 bits per heavy atom. The molecule has 1 amide bonds. The van der Waals surface area contributed by atoms with Crippen LogP contribution in [0.1, 0.15) is 16.2 Å². The highest BCUT2D eigenvalue weighted by Gasteiger charge is 2.09. The van der Waals surface area contributed by atoms with E-state index in [1.807, 2.05) is 48.5 Å². The first-order valence-electron chi connectivity index (χ1n) is 7.38. The average molecular weight is 383 g/mol. The lowest BCUT2D eigenvalue weighted by molar-refractivity contribution is 0.102. The van der Waals surface area contributed by atoms with Crippen LogP contribution in [0.2, 0.25) is 0 Å². The molecule has 0 fully saturated rings. The molecule has 2 heterocycles. The summed E-state index contributed by atoms with van der Waals surface area (Å²) in [6.07, 6.45) is 3.39. The number of aromatic nitrogens is 2. The lowest BCUT2D eigenvalue weighted by Gasteiger charge is -2.08. The van der Waals surface area contributed by atoms with E-state index in [1.165, 1.54) is 0 Å². The number of hydrogen-bond donors (Lipinski definition) is 2. The van der Waals surface area contributed by atoms with Crippen molar-refractivity contribution in [3.05, 3.63) is 82.9 Å². The summed E-state index contributed by atoms with van der Waals surface area (Å²) >= 11 is 3.40. The van der Waals surface area contributed by atoms with Crippen LogP contribution in [0.5, 0.6) is 0 Å². The van der Waals surface area contributed by atoms with Crippen molar-refractivity contribution >= 4 is 33.2 Å². The quantitative estimate of drug-likeness (QED) is 0.696. The van der Waals surface area contributed by atoms with Crippen LogP contribution < -0.4 is 10.6 Å². The highest BCUT2D eigenvalue weighted by molar-refractivity contribution is 9.10. The second-order valence-corrected chi connectivity index (χ2v) is 5.90. The lowest BCUT2D eigenvalue weighted by atomic mass is 10.2. The van der Waals surface area contributed by atoms with Crippen LogP contribution in [-0.4, -0.2) is 15.9 Å². The minimum absolute atomic E-state index is 0.252. The zero-order chi connectivity index (χ0) is 16.8. The van der Waals surface area contributed by atoms with Crippen LogP contribution in [0.4, 0.5) is 11.4 Å². The number of nitrogens with one attached hydrogen (secondary N) is 2. The molecule has 0 aliphatic carbocycles. The van der Waals surface area contributed by atoms with Crippen LogP contribution in [0.3, 0.4) is 0 Å². The van der Waals surface area contributed by atoms with Gasteiger partial charge in [0, 0.05) is 10.7 Å². The standard InChI is InChI=1S/C18H15BrN4O/c19-15-6-1-2-7-16(15)23-18(24)17-9-8-14(12-22-17)21-11-13-5-3-4-10-20-13/h1-10,12,21H,11H2,(H,23,24). The molecule has 0 saturated carbocycles. The van der Waals surface area contributed by atoms with Crippen molar-refractivity contribution < 1.29 is 4.79 Å². The van der Waals surface area contributed by atoms with Gasteiger partial charge in [0.05, 0.1) is 29.8 Å². The molecule has 2 aromatic heterocycles. The fourth-order valence-electron chi connectivity index (χ4n) is 2.08. The summed E-state index contributed by atoms with van der Waals surface area (Å²) in [4.78, 5) is 20.7. The molecule has 0 bridgehead atoms. The maximum Gasteiger partial charge on any atom is 0.274 e. The molecule has 5 nitrogen and oxygen atoms in total. The van der Waals surface area contributed by atoms with Gasteiger partial charge in [-0.1, -0.05) is 18.2 Å². The van der Waals surface area contributed by atoms with Crippen LogP contribution >= 0.6 is 15.9 Å². The molecule has 0 spiro atoms. The number of hydrogen-bond acceptors (Lipinski definition) is 4. The number of para-hydroxylation sites is 1. The molecule has 120 valence electrons. The molecule has 0 unspecified atom stereocenters. The first-order valence-corrected chi connectivity index (χ1v) is 8.17. The van der Waals surface area contributed by atoms with Crippen molar-refractivity contribution in [3.63, 3.8) is 0 Å². The normalized spacial score (nSPS) is 10.2. The third-order valence-corrected chi connectivity index (χ3v) is 4.01. The van der Waals surface area contributed by atoms with Gasteiger partial charge < -0.3 is 10.6 Å². The molecular weight excluding hydrogens is 368 g/mol. The molecule has 0 saturated heterocycles. The van der Waals surface area contributed by atoms with Gasteiger partial charge in [-0.3, -0.25) is 9.78 Å². The number of amides is 1. The van der Waals surface area contributed by atoms with Crippen LogP contribution in [-0.2, 0) is 6.54 Å². The third kappa shape index (κ3) is 4.17. The maximum absolute atomic E-state index is 12.2. The predicted molar refractivity (Wildman–Crippen MR) is 97.9 cm³/mol. The Morgan fingerprint density at radius 1 is 1.00 bits per heavy atom. The molecule has 0 atom stereocenters. The summed E-state index contributed by atoms with van der Waals surface area (Å²) in [7, 11) is 0. The molecule has 2 N–H and O–H groups in total. The minimum Gasteiger partial charge on any atom is -0.378 e. The summed E-state index contributed by atoms with van der Waals surface area (Å²) in [5, 5.41) is 6.05. The number of halogens is 1. The summed E-state index contributed by atoms with van der Waals surface area (Å²) < 4.78 is 0.826. The third-order valence-electron chi connectivity index (χ3n) is 3.32. The van der Waals surface area contributed by atoms with Gasteiger partial charge in [0.15, 0.2) is 0 Å². The van der Waals surface area contributed by atoms with E-state index in [2.05, 4.69) is 36.5 Å². The monoisotopic (exact) mass is 382 g/mol. The number of carbonyl (C=O) groups is 1. The Balaban J connectivity index is 1.61. The topological polar surface area (TPSA) is 66.9 Å². The Bertz CT molecular complexity index is 822. The molecule has 3 aromatic rings. The van der Waals surface area contributed by atoms with Gasteiger partial charge in [0.25, 0.3) is 5.91 Å². The van der Waals surface area contributed by atoms with Gasteiger partial charge in [-0.25, -0.2) is 4.98 Å². The fraction of sp³-hybridized carbons (Fsp3) is 0.0556. The summed E-state index contributed by atoms with van der Waals surface area (Å²) in [6.45, 7) is 0.602. The zero-order valence-electron chi connectivity index (χ0n) is 12.7. The fourth-order valence-corrected chi connectivity index (χ4v) is 2.46. The van der Waals surface area contributed by atoms with Crippen molar-refractivity contribution in [1.82, 2.24) is 9.97 Å². The van der Waals surface area contributed by atoms with Gasteiger partial charge in [0.1, 0.15) is 5.69 Å². The van der Waals surface area contributed by atoms with E-state index in [4.69, 9.17) is 0 Å². The summed E-state index contributed by atoms with van der Waals surface area (Å²) in [6, 6.07) is 16.7. The SMILES string of the molecule is O=C(Nc1ccccc1Br)c1ccc(NCc2ccccn2)cn1. The van der Waals surface area contributed by atoms with E-state index in [1.54, 1.807) is 18.5 Å². The molecule has 0 aliphatic rings. The van der Waals surface area contributed by atoms with Crippen molar-refractivity contribution in [2.24, 2.45) is 0 Å². The molecule has 0 radical (unpaired) electrons. The zero-order valence-corrected chi connectivity index (χ0v) is 14.3. The molecule has 24 heavy (non-hydrogen) atoms. The van der Waals surface area contributed by atoms with E-state index in [-0.39, 0.29) is 5.91 Å². The van der Waals surface area contributed by atoms with Gasteiger partial charge in [-0.15, -0.1) is 0 Å². The number of carbonyl (C=O) groups excluding carboxylic acids is 1. The summed E-state index contributed by atoms with van der Waals surface area (Å²) in [5.41, 5.74) is 2.84. The lowest BCUT2D eigenvalue weighted by Crippen LogP contribution is -2.14. The highest BCUT2D eigenvalue weighted by Crippen LogP contribution is 2.21. The van der Waals surface area contributed by atoms with Crippen molar-refractivity contribution in [1.29, 1.82) is 0 Å². The van der Waals surface area contributed by atoms with Gasteiger partial charge in [-0.2, -0.15) is 0 Å². The molecule has 6 heteroatoms. The van der Waals surface area contributed by atoms with E-state index in [0.29, 0.717) is 17.9 Å². The average Bonchev–Trinajstić information content (AvgIpc) is 2.63. The molecule has 3 rings (SSSR count). The first-order chi connectivity index (χ1) is 11.7. The molecular formula is C18H15BrN4O. The van der Waals surface area contributed by atoms with Crippen molar-refractivity contribution in [2.45, 2.75) is 6.54 Å². The number of benzene rings is 1. The van der Waals surface area contributed by atoms with Crippen molar-refractivity contribution in [3.8, 4) is 0 Å². The Labute approximate surface area is 148 Å². The van der Waals surface area contributed by atoms with E-state index < -0.39 is 0 Å². The Morgan fingerprint density at radius 3 is 2.54 bits per heavy atom. The molecule has 0 aliphatic heterocycles. The number of anilines is 2. The summed E-state index contributed by atoms with van der Waals surface area (Å²) in [5.74, 6) is -0.252. The predicted octanol–water partition coefficient (Wildman–Crippen LogP) is 4.10. The van der Waals surface area contributed by atoms with Gasteiger partial charge in [0.2, 0.25) is 0 Å². The van der Waals surface area contributed by atoms with Crippen molar-refractivity contribution in [2.75, 3.05) is 10.6 Å². The molecule has 1 aromatic carbocycles. The second kappa shape index (κ2) is 7.70. The Hall–Kier alpha value is -2.73. The number of pyridine rings is 2. The van der Waals surface area contributed by atoms with Crippen LogP contribution in [0, 0.1) is 0 Å². The highest BCUT2D eigenvalue weighted by atomic mass is 79.9. The van der Waals surface area contributed by atoms with E-state index in [9.17, 15) is 4.79 Å². The maximum atomic E-state index is 12.2. The van der Waals surface area contributed by atoms with Gasteiger partial charge >= 0.3 is 0 Å². The van der Waals surface area contributed by atoms with Crippen LogP contribution in [0.15, 0.2) is 71.5 Å². The minimum atomic E-state index is -0.252. The van der Waals surface area contributed by atoms with E-state index in [0.717, 1.165) is 15.9 Å². The van der Waals surface area contributed by atoms with Crippen LogP contribution in [0.25, 0.3) is 0 Å². The largest absolute Gasteiger partial charge is 0.378 e. The Kier molecular flexibility index (Phi) is 5.18. The van der Waals surface area contributed by atoms with E-state index >= 15 is 0 Å². The smallest absolute Gasteiger partial charge is 0.274 e. The first kappa shape index (κ1) is 16.1. The number of nitrogens with zero attached hydrogens (tertiary/aromatic N) is 2. The number of rotatable bonds is 5.